The molecule has 6 heteroatoms. The van der Waals surface area contributed by atoms with Gasteiger partial charge in [0.1, 0.15) is 5.69 Å². The van der Waals surface area contributed by atoms with Gasteiger partial charge < -0.3 is 5.32 Å². The SMILES string of the molecule is Cc1ccc(C)c(SC(C)C(=O)Nc2ccccc2[N+](=O)[O-])c1. The minimum absolute atomic E-state index is 0.107. The molecule has 0 fully saturated rings. The average Bonchev–Trinajstić information content (AvgIpc) is 2.51. The number of para-hydroxylation sites is 2. The number of aryl methyl sites for hydroxylation is 2. The third-order valence-electron chi connectivity index (χ3n) is 3.38. The Kier molecular flexibility index (Phi) is 5.39. The second-order valence-corrected chi connectivity index (χ2v) is 6.68. The number of hydrogen-bond donors (Lipinski definition) is 1. The number of carbonyl (C=O) groups excluding carboxylic acids is 1. The zero-order valence-corrected chi connectivity index (χ0v) is 14.0. The molecule has 2 aromatic carbocycles. The molecule has 2 rings (SSSR count). The van der Waals surface area contributed by atoms with Crippen molar-refractivity contribution in [3.63, 3.8) is 0 Å². The summed E-state index contributed by atoms with van der Waals surface area (Å²) in [5.74, 6) is -0.259. The molecular formula is C17H18N2O3S. The molecule has 0 heterocycles. The van der Waals surface area contributed by atoms with E-state index in [-0.39, 0.29) is 22.5 Å². The summed E-state index contributed by atoms with van der Waals surface area (Å²) in [4.78, 5) is 23.9. The Bertz CT molecular complexity index is 746. The largest absolute Gasteiger partial charge is 0.319 e. The number of nitro groups is 1. The molecular weight excluding hydrogens is 312 g/mol. The molecule has 1 unspecified atom stereocenters. The van der Waals surface area contributed by atoms with E-state index in [1.54, 1.807) is 19.1 Å². The summed E-state index contributed by atoms with van der Waals surface area (Å²) in [7, 11) is 0. The molecule has 5 nitrogen and oxygen atoms in total. The van der Waals surface area contributed by atoms with Crippen LogP contribution in [0, 0.1) is 24.0 Å². The third-order valence-corrected chi connectivity index (χ3v) is 4.64. The van der Waals surface area contributed by atoms with Crippen LogP contribution >= 0.6 is 11.8 Å². The van der Waals surface area contributed by atoms with E-state index < -0.39 is 4.92 Å². The van der Waals surface area contributed by atoms with Gasteiger partial charge in [-0.3, -0.25) is 14.9 Å². The Labute approximate surface area is 139 Å². The Morgan fingerprint density at radius 2 is 1.91 bits per heavy atom. The van der Waals surface area contributed by atoms with Crippen LogP contribution in [-0.4, -0.2) is 16.1 Å². The van der Waals surface area contributed by atoms with E-state index in [1.165, 1.54) is 23.9 Å². The van der Waals surface area contributed by atoms with Gasteiger partial charge in [-0.05, 0) is 38.5 Å². The molecule has 1 N–H and O–H groups in total. The van der Waals surface area contributed by atoms with Crippen molar-refractivity contribution in [3.05, 3.63) is 63.7 Å². The lowest BCUT2D eigenvalue weighted by atomic mass is 10.2. The monoisotopic (exact) mass is 330 g/mol. The second-order valence-electron chi connectivity index (χ2n) is 5.29. The van der Waals surface area contributed by atoms with Crippen LogP contribution in [-0.2, 0) is 4.79 Å². The zero-order valence-electron chi connectivity index (χ0n) is 13.2. The van der Waals surface area contributed by atoms with Crippen LogP contribution in [0.15, 0.2) is 47.4 Å². The molecule has 0 aliphatic heterocycles. The fourth-order valence-electron chi connectivity index (χ4n) is 2.05. The smallest absolute Gasteiger partial charge is 0.292 e. The van der Waals surface area contributed by atoms with E-state index in [2.05, 4.69) is 5.32 Å². The van der Waals surface area contributed by atoms with Crippen LogP contribution in [0.5, 0.6) is 0 Å². The molecule has 2 aromatic rings. The predicted molar refractivity (Wildman–Crippen MR) is 93.0 cm³/mol. The number of thioether (sulfide) groups is 1. The first-order valence-corrected chi connectivity index (χ1v) is 8.04. The number of amides is 1. The van der Waals surface area contributed by atoms with E-state index in [0.29, 0.717) is 0 Å². The quantitative estimate of drug-likeness (QED) is 0.503. The Balaban J connectivity index is 2.12. The highest BCUT2D eigenvalue weighted by atomic mass is 32.2. The first-order valence-electron chi connectivity index (χ1n) is 7.16. The third kappa shape index (κ3) is 4.32. The molecule has 120 valence electrons. The van der Waals surface area contributed by atoms with Gasteiger partial charge in [0.2, 0.25) is 5.91 Å². The fourth-order valence-corrected chi connectivity index (χ4v) is 3.11. The number of nitrogens with one attached hydrogen (secondary N) is 1. The van der Waals surface area contributed by atoms with Gasteiger partial charge in [-0.2, -0.15) is 0 Å². The number of hydrogen-bond acceptors (Lipinski definition) is 4. The van der Waals surface area contributed by atoms with Crippen molar-refractivity contribution in [3.8, 4) is 0 Å². The van der Waals surface area contributed by atoms with Gasteiger partial charge >= 0.3 is 0 Å². The van der Waals surface area contributed by atoms with Gasteiger partial charge in [0.15, 0.2) is 0 Å². The summed E-state index contributed by atoms with van der Waals surface area (Å²) < 4.78 is 0. The lowest BCUT2D eigenvalue weighted by molar-refractivity contribution is -0.383. The van der Waals surface area contributed by atoms with Gasteiger partial charge in [-0.25, -0.2) is 0 Å². The first kappa shape index (κ1) is 17.0. The summed E-state index contributed by atoms with van der Waals surface area (Å²) in [5.41, 5.74) is 2.34. The lowest BCUT2D eigenvalue weighted by Crippen LogP contribution is -2.23. The maximum Gasteiger partial charge on any atom is 0.292 e. The van der Waals surface area contributed by atoms with Crippen LogP contribution < -0.4 is 5.32 Å². The minimum Gasteiger partial charge on any atom is -0.319 e. The standard InChI is InChI=1S/C17H18N2O3S/c1-11-8-9-12(2)16(10-11)23-13(3)17(20)18-14-6-4-5-7-15(14)19(21)22/h4-10,13H,1-3H3,(H,18,20). The number of benzene rings is 2. The lowest BCUT2D eigenvalue weighted by Gasteiger charge is -2.14. The molecule has 0 saturated heterocycles. The van der Waals surface area contributed by atoms with E-state index in [0.717, 1.165) is 16.0 Å². The first-order chi connectivity index (χ1) is 10.9. The van der Waals surface area contributed by atoms with Crippen molar-refractivity contribution in [2.45, 2.75) is 30.9 Å². The highest BCUT2D eigenvalue weighted by Crippen LogP contribution is 2.29. The summed E-state index contributed by atoms with van der Waals surface area (Å²) in [6.45, 7) is 5.78. The Hall–Kier alpha value is -2.34. The topological polar surface area (TPSA) is 72.2 Å². The maximum absolute atomic E-state index is 12.3. The van der Waals surface area contributed by atoms with Gasteiger partial charge in [0, 0.05) is 11.0 Å². The van der Waals surface area contributed by atoms with Crippen molar-refractivity contribution in [1.29, 1.82) is 0 Å². The zero-order chi connectivity index (χ0) is 17.0. The molecule has 1 amide bonds. The number of rotatable bonds is 5. The van der Waals surface area contributed by atoms with E-state index in [4.69, 9.17) is 0 Å². The molecule has 23 heavy (non-hydrogen) atoms. The highest BCUT2D eigenvalue weighted by molar-refractivity contribution is 8.00. The summed E-state index contributed by atoms with van der Waals surface area (Å²) >= 11 is 1.44. The Morgan fingerprint density at radius 1 is 1.22 bits per heavy atom. The maximum atomic E-state index is 12.3. The van der Waals surface area contributed by atoms with Crippen LogP contribution in [0.2, 0.25) is 0 Å². The minimum atomic E-state index is -0.502. The molecule has 0 spiro atoms. The van der Waals surface area contributed by atoms with E-state index >= 15 is 0 Å². The highest BCUT2D eigenvalue weighted by Gasteiger charge is 2.20. The van der Waals surface area contributed by atoms with Gasteiger partial charge in [0.05, 0.1) is 10.2 Å². The normalized spacial score (nSPS) is 11.8. The van der Waals surface area contributed by atoms with Gasteiger partial charge in [-0.15, -0.1) is 11.8 Å². The van der Waals surface area contributed by atoms with Crippen molar-refractivity contribution in [2.75, 3.05) is 5.32 Å². The fraction of sp³-hybridized carbons (Fsp3) is 0.235. The van der Waals surface area contributed by atoms with Crippen LogP contribution in [0.3, 0.4) is 0 Å². The van der Waals surface area contributed by atoms with Crippen LogP contribution in [0.25, 0.3) is 0 Å². The summed E-state index contributed by atoms with van der Waals surface area (Å²) in [5, 5.41) is 13.3. The Morgan fingerprint density at radius 3 is 2.61 bits per heavy atom. The number of nitrogens with zero attached hydrogens (tertiary/aromatic N) is 1. The molecule has 0 aliphatic carbocycles. The molecule has 0 bridgehead atoms. The molecule has 0 aromatic heterocycles. The van der Waals surface area contributed by atoms with Crippen molar-refractivity contribution < 1.29 is 9.72 Å². The predicted octanol–water partition coefficient (Wildman–Crippen LogP) is 4.33. The van der Waals surface area contributed by atoms with Crippen molar-refractivity contribution in [1.82, 2.24) is 0 Å². The van der Waals surface area contributed by atoms with E-state index in [9.17, 15) is 14.9 Å². The van der Waals surface area contributed by atoms with E-state index in [1.807, 2.05) is 32.0 Å². The number of anilines is 1. The van der Waals surface area contributed by atoms with Gasteiger partial charge in [-0.1, -0.05) is 29.8 Å². The van der Waals surface area contributed by atoms with Gasteiger partial charge in [0.25, 0.3) is 5.69 Å². The van der Waals surface area contributed by atoms with Crippen LogP contribution in [0.4, 0.5) is 11.4 Å². The molecule has 1 atom stereocenters. The average molecular weight is 330 g/mol. The molecule has 0 saturated carbocycles. The number of nitro benzene ring substituents is 1. The summed E-state index contributed by atoms with van der Waals surface area (Å²) in [6, 6.07) is 12.2. The number of carbonyl (C=O) groups is 1. The molecule has 0 aliphatic rings. The van der Waals surface area contributed by atoms with Crippen molar-refractivity contribution in [2.24, 2.45) is 0 Å². The van der Waals surface area contributed by atoms with Crippen LogP contribution in [0.1, 0.15) is 18.1 Å². The second kappa shape index (κ2) is 7.28. The molecule has 0 radical (unpaired) electrons. The summed E-state index contributed by atoms with van der Waals surface area (Å²) in [6.07, 6.45) is 0. The van der Waals surface area contributed by atoms with Crippen molar-refractivity contribution >= 4 is 29.0 Å².